The smallest absolute Gasteiger partial charge is 0.152 e. The van der Waals surface area contributed by atoms with Gasteiger partial charge in [0, 0.05) is 16.8 Å². The molecule has 88 valence electrons. The Morgan fingerprint density at radius 3 is 2.71 bits per heavy atom. The average molecular weight is 249 g/mol. The van der Waals surface area contributed by atoms with Crippen molar-refractivity contribution >= 4 is 17.9 Å². The van der Waals surface area contributed by atoms with Gasteiger partial charge in [-0.1, -0.05) is 25.4 Å². The second kappa shape index (κ2) is 4.72. The lowest BCUT2D eigenvalue weighted by molar-refractivity contribution is 0.112. The fourth-order valence-electron chi connectivity index (χ4n) is 1.61. The summed E-state index contributed by atoms with van der Waals surface area (Å²) in [6.45, 7) is 4.16. The largest absolute Gasteiger partial charge is 0.298 e. The minimum Gasteiger partial charge on any atom is -0.298 e. The van der Waals surface area contributed by atoms with Crippen molar-refractivity contribution in [3.8, 4) is 5.69 Å². The molecule has 0 fully saturated rings. The van der Waals surface area contributed by atoms with Crippen LogP contribution in [0.2, 0.25) is 5.02 Å². The van der Waals surface area contributed by atoms with Gasteiger partial charge in [0.05, 0.1) is 11.4 Å². The summed E-state index contributed by atoms with van der Waals surface area (Å²) in [5.41, 5.74) is 2.28. The van der Waals surface area contributed by atoms with Crippen LogP contribution in [0.3, 0.4) is 0 Å². The van der Waals surface area contributed by atoms with Crippen molar-refractivity contribution in [1.29, 1.82) is 0 Å². The molecular weight excluding hydrogens is 236 g/mol. The Morgan fingerprint density at radius 2 is 2.12 bits per heavy atom. The SMILES string of the molecule is CC(C)c1ccn(-c2ccc(Cl)cc2C=O)n1. The van der Waals surface area contributed by atoms with Crippen LogP contribution in [0.4, 0.5) is 0 Å². The van der Waals surface area contributed by atoms with E-state index in [4.69, 9.17) is 11.6 Å². The highest BCUT2D eigenvalue weighted by Gasteiger charge is 2.08. The van der Waals surface area contributed by atoms with Crippen molar-refractivity contribution in [1.82, 2.24) is 9.78 Å². The van der Waals surface area contributed by atoms with Gasteiger partial charge in [-0.3, -0.25) is 4.79 Å². The summed E-state index contributed by atoms with van der Waals surface area (Å²) in [6, 6.07) is 7.14. The predicted molar refractivity (Wildman–Crippen MR) is 68.1 cm³/mol. The molecule has 1 aromatic carbocycles. The molecule has 0 spiro atoms. The zero-order valence-electron chi connectivity index (χ0n) is 9.72. The number of rotatable bonds is 3. The second-order valence-electron chi connectivity index (χ2n) is 4.16. The Hall–Kier alpha value is -1.61. The van der Waals surface area contributed by atoms with E-state index in [9.17, 15) is 4.79 Å². The maximum Gasteiger partial charge on any atom is 0.152 e. The molecule has 0 amide bonds. The maximum absolute atomic E-state index is 11.0. The van der Waals surface area contributed by atoms with Gasteiger partial charge in [0.15, 0.2) is 6.29 Å². The lowest BCUT2D eigenvalue weighted by Crippen LogP contribution is -2.01. The first kappa shape index (κ1) is 11.9. The van der Waals surface area contributed by atoms with Crippen LogP contribution in [0.25, 0.3) is 5.69 Å². The maximum atomic E-state index is 11.0. The van der Waals surface area contributed by atoms with E-state index in [0.717, 1.165) is 17.7 Å². The van der Waals surface area contributed by atoms with Crippen molar-refractivity contribution in [2.24, 2.45) is 0 Å². The van der Waals surface area contributed by atoms with E-state index in [1.165, 1.54) is 0 Å². The molecule has 0 saturated carbocycles. The minimum atomic E-state index is 0.364. The van der Waals surface area contributed by atoms with Crippen LogP contribution in [0.15, 0.2) is 30.5 Å². The number of benzene rings is 1. The Bertz CT molecular complexity index is 546. The molecule has 0 bridgehead atoms. The quantitative estimate of drug-likeness (QED) is 0.780. The fourth-order valence-corrected chi connectivity index (χ4v) is 1.79. The topological polar surface area (TPSA) is 34.9 Å². The first-order valence-electron chi connectivity index (χ1n) is 5.42. The molecule has 0 atom stereocenters. The Kier molecular flexibility index (Phi) is 3.29. The van der Waals surface area contributed by atoms with Crippen LogP contribution in [-0.2, 0) is 0 Å². The number of hydrogen-bond acceptors (Lipinski definition) is 2. The van der Waals surface area contributed by atoms with Crippen LogP contribution >= 0.6 is 11.6 Å². The highest BCUT2D eigenvalue weighted by molar-refractivity contribution is 6.30. The van der Waals surface area contributed by atoms with Crippen LogP contribution in [0, 0.1) is 0 Å². The summed E-state index contributed by atoms with van der Waals surface area (Å²) >= 11 is 5.85. The Morgan fingerprint density at radius 1 is 1.35 bits per heavy atom. The van der Waals surface area contributed by atoms with Crippen molar-refractivity contribution in [3.05, 3.63) is 46.7 Å². The van der Waals surface area contributed by atoms with Gasteiger partial charge in [-0.05, 0) is 30.2 Å². The number of halogens is 1. The molecule has 17 heavy (non-hydrogen) atoms. The fraction of sp³-hybridized carbons (Fsp3) is 0.231. The molecular formula is C13H13ClN2O. The molecule has 0 aliphatic heterocycles. The molecule has 2 rings (SSSR count). The summed E-state index contributed by atoms with van der Waals surface area (Å²) < 4.78 is 1.70. The molecule has 0 saturated heterocycles. The third-order valence-corrected chi connectivity index (χ3v) is 2.80. The summed E-state index contributed by atoms with van der Waals surface area (Å²) in [6.07, 6.45) is 2.64. The van der Waals surface area contributed by atoms with E-state index in [1.54, 1.807) is 22.9 Å². The molecule has 1 aromatic heterocycles. The van der Waals surface area contributed by atoms with Crippen molar-refractivity contribution < 1.29 is 4.79 Å². The first-order chi connectivity index (χ1) is 8.11. The van der Waals surface area contributed by atoms with Crippen LogP contribution in [0.5, 0.6) is 0 Å². The van der Waals surface area contributed by atoms with E-state index in [2.05, 4.69) is 18.9 Å². The van der Waals surface area contributed by atoms with Crippen molar-refractivity contribution in [2.75, 3.05) is 0 Å². The van der Waals surface area contributed by atoms with Crippen molar-refractivity contribution in [2.45, 2.75) is 19.8 Å². The Balaban J connectivity index is 2.48. The predicted octanol–water partition coefficient (Wildman–Crippen LogP) is 3.46. The van der Waals surface area contributed by atoms with Gasteiger partial charge in [0.25, 0.3) is 0 Å². The molecule has 0 unspecified atom stereocenters. The number of nitrogens with zero attached hydrogens (tertiary/aromatic N) is 2. The summed E-state index contributed by atoms with van der Waals surface area (Å²) in [5, 5.41) is 4.98. The van der Waals surface area contributed by atoms with Gasteiger partial charge in [-0.2, -0.15) is 5.10 Å². The zero-order valence-corrected chi connectivity index (χ0v) is 10.5. The molecule has 4 heteroatoms. The third-order valence-electron chi connectivity index (χ3n) is 2.56. The number of hydrogen-bond donors (Lipinski definition) is 0. The lowest BCUT2D eigenvalue weighted by atomic mass is 10.1. The molecule has 0 aliphatic rings. The number of carbonyl (C=O) groups is 1. The van der Waals surface area contributed by atoms with Gasteiger partial charge in [-0.15, -0.1) is 0 Å². The molecule has 0 N–H and O–H groups in total. The standard InChI is InChI=1S/C13H13ClN2O/c1-9(2)12-5-6-16(15-12)13-4-3-11(14)7-10(13)8-17/h3-9H,1-2H3. The van der Waals surface area contributed by atoms with Gasteiger partial charge in [0.2, 0.25) is 0 Å². The van der Waals surface area contributed by atoms with Crippen LogP contribution < -0.4 is 0 Å². The zero-order chi connectivity index (χ0) is 12.4. The van der Waals surface area contributed by atoms with E-state index in [1.807, 2.05) is 12.3 Å². The molecule has 2 aromatic rings. The average Bonchev–Trinajstić information content (AvgIpc) is 2.78. The van der Waals surface area contributed by atoms with Gasteiger partial charge in [0.1, 0.15) is 0 Å². The Labute approximate surface area is 105 Å². The summed E-state index contributed by atoms with van der Waals surface area (Å²) in [7, 11) is 0. The van der Waals surface area contributed by atoms with Gasteiger partial charge >= 0.3 is 0 Å². The number of aldehydes is 1. The normalized spacial score (nSPS) is 10.8. The monoisotopic (exact) mass is 248 g/mol. The molecule has 1 heterocycles. The highest BCUT2D eigenvalue weighted by atomic mass is 35.5. The van der Waals surface area contributed by atoms with Gasteiger partial charge < -0.3 is 0 Å². The molecule has 0 radical (unpaired) electrons. The van der Waals surface area contributed by atoms with Crippen LogP contribution in [0.1, 0.15) is 35.8 Å². The number of carbonyl (C=O) groups excluding carboxylic acids is 1. The lowest BCUT2D eigenvalue weighted by Gasteiger charge is -2.05. The summed E-state index contributed by atoms with van der Waals surface area (Å²) in [4.78, 5) is 11.0. The minimum absolute atomic E-state index is 0.364. The highest BCUT2D eigenvalue weighted by Crippen LogP contribution is 2.19. The second-order valence-corrected chi connectivity index (χ2v) is 4.60. The van der Waals surface area contributed by atoms with E-state index in [0.29, 0.717) is 16.5 Å². The van der Waals surface area contributed by atoms with E-state index < -0.39 is 0 Å². The van der Waals surface area contributed by atoms with Gasteiger partial charge in [-0.25, -0.2) is 4.68 Å². The van der Waals surface area contributed by atoms with E-state index >= 15 is 0 Å². The summed E-state index contributed by atoms with van der Waals surface area (Å²) in [5.74, 6) is 0.364. The molecule has 3 nitrogen and oxygen atoms in total. The van der Waals surface area contributed by atoms with Crippen molar-refractivity contribution in [3.63, 3.8) is 0 Å². The third kappa shape index (κ3) is 2.39. The number of aromatic nitrogens is 2. The molecule has 0 aliphatic carbocycles. The van der Waals surface area contributed by atoms with Crippen LogP contribution in [-0.4, -0.2) is 16.1 Å². The first-order valence-corrected chi connectivity index (χ1v) is 5.80. The van der Waals surface area contributed by atoms with E-state index in [-0.39, 0.29) is 0 Å².